The summed E-state index contributed by atoms with van der Waals surface area (Å²) in [6.45, 7) is 4.40. The molecule has 0 aromatic heterocycles. The summed E-state index contributed by atoms with van der Waals surface area (Å²) in [5, 5.41) is 14.2. The molecule has 0 bridgehead atoms. The third-order valence-electron chi connectivity index (χ3n) is 5.03. The van der Waals surface area contributed by atoms with Gasteiger partial charge in [-0.05, 0) is 37.0 Å². The Morgan fingerprint density at radius 1 is 1.17 bits per heavy atom. The predicted molar refractivity (Wildman–Crippen MR) is 84.0 cm³/mol. The zero-order chi connectivity index (χ0) is 17.2. The summed E-state index contributed by atoms with van der Waals surface area (Å²) >= 11 is 0. The van der Waals surface area contributed by atoms with E-state index >= 15 is 0 Å². The van der Waals surface area contributed by atoms with Crippen molar-refractivity contribution in [2.75, 3.05) is 32.7 Å². The van der Waals surface area contributed by atoms with Crippen LogP contribution in [0.3, 0.4) is 0 Å². The first-order valence-corrected chi connectivity index (χ1v) is 8.37. The molecule has 1 aliphatic carbocycles. The smallest absolute Gasteiger partial charge is 0.406 e. The number of ether oxygens (including phenoxy) is 1. The van der Waals surface area contributed by atoms with Crippen molar-refractivity contribution in [2.24, 2.45) is 0 Å². The van der Waals surface area contributed by atoms with Crippen LogP contribution in [0.4, 0.5) is 13.2 Å². The van der Waals surface area contributed by atoms with Crippen LogP contribution in [-0.2, 0) is 0 Å². The number of piperazine rings is 1. The maximum absolute atomic E-state index is 12.3. The van der Waals surface area contributed by atoms with Gasteiger partial charge in [-0.3, -0.25) is 0 Å². The first-order chi connectivity index (χ1) is 11.4. The molecule has 2 fully saturated rings. The summed E-state index contributed by atoms with van der Waals surface area (Å²) in [6, 6.07) is 5.94. The maximum atomic E-state index is 12.3. The Hall–Kier alpha value is -1.31. The summed E-state index contributed by atoms with van der Waals surface area (Å²) in [5.41, 5.74) is 0.113. The normalized spacial score (nSPS) is 22.7. The number of nitrogens with zero attached hydrogens (tertiary/aromatic N) is 1. The third kappa shape index (κ3) is 4.20. The summed E-state index contributed by atoms with van der Waals surface area (Å²) in [4.78, 5) is 2.30. The Morgan fingerprint density at radius 3 is 2.29 bits per heavy atom. The second kappa shape index (κ2) is 6.90. The number of alkyl halides is 3. The second-order valence-electron chi connectivity index (χ2n) is 6.68. The Balaban J connectivity index is 1.75. The second-order valence-corrected chi connectivity index (χ2v) is 6.68. The number of benzene rings is 1. The van der Waals surface area contributed by atoms with Gasteiger partial charge in [0, 0.05) is 38.6 Å². The molecule has 4 nitrogen and oxygen atoms in total. The van der Waals surface area contributed by atoms with E-state index in [1.54, 1.807) is 12.1 Å². The van der Waals surface area contributed by atoms with Gasteiger partial charge >= 0.3 is 6.36 Å². The zero-order valence-corrected chi connectivity index (χ0v) is 13.5. The van der Waals surface area contributed by atoms with E-state index in [1.165, 1.54) is 12.1 Å². The molecule has 1 saturated heterocycles. The van der Waals surface area contributed by atoms with Crippen molar-refractivity contribution in [1.82, 2.24) is 10.2 Å². The number of hydrogen-bond donors (Lipinski definition) is 2. The minimum absolute atomic E-state index is 0.0933. The first-order valence-electron chi connectivity index (χ1n) is 8.37. The highest BCUT2D eigenvalue weighted by Gasteiger charge is 2.43. The van der Waals surface area contributed by atoms with Crippen LogP contribution in [0.2, 0.25) is 0 Å². The fraction of sp³-hybridized carbons (Fsp3) is 0.647. The van der Waals surface area contributed by atoms with Crippen LogP contribution in [0.25, 0.3) is 0 Å². The van der Waals surface area contributed by atoms with Gasteiger partial charge in [0.15, 0.2) is 0 Å². The molecule has 7 heteroatoms. The molecule has 1 saturated carbocycles. The minimum Gasteiger partial charge on any atom is -0.406 e. The van der Waals surface area contributed by atoms with E-state index in [0.717, 1.165) is 57.5 Å². The van der Waals surface area contributed by atoms with Gasteiger partial charge in [0.2, 0.25) is 0 Å². The quantitative estimate of drug-likeness (QED) is 0.861. The predicted octanol–water partition coefficient (Wildman–Crippen LogP) is 2.49. The van der Waals surface area contributed by atoms with Gasteiger partial charge in [-0.2, -0.15) is 0 Å². The molecule has 2 N–H and O–H groups in total. The summed E-state index contributed by atoms with van der Waals surface area (Å²) in [6.07, 6.45) is -2.22. The van der Waals surface area contributed by atoms with Gasteiger partial charge in [0.05, 0.1) is 5.60 Å². The molecule has 1 aliphatic heterocycles. The highest BCUT2D eigenvalue weighted by molar-refractivity contribution is 5.32. The molecule has 2 aliphatic rings. The number of halogens is 3. The Kier molecular flexibility index (Phi) is 5.03. The van der Waals surface area contributed by atoms with E-state index in [1.807, 2.05) is 0 Å². The van der Waals surface area contributed by atoms with Crippen molar-refractivity contribution in [1.29, 1.82) is 0 Å². The van der Waals surface area contributed by atoms with Crippen molar-refractivity contribution >= 4 is 0 Å². The van der Waals surface area contributed by atoms with Gasteiger partial charge in [0.25, 0.3) is 0 Å². The number of nitrogens with one attached hydrogen (secondary N) is 1. The molecule has 0 amide bonds. The minimum atomic E-state index is -4.69. The van der Waals surface area contributed by atoms with E-state index in [9.17, 15) is 18.3 Å². The highest BCUT2D eigenvalue weighted by atomic mass is 19.4. The van der Waals surface area contributed by atoms with Crippen molar-refractivity contribution in [3.63, 3.8) is 0 Å². The lowest BCUT2D eigenvalue weighted by atomic mass is 9.68. The fourth-order valence-electron chi connectivity index (χ4n) is 3.53. The summed E-state index contributed by atoms with van der Waals surface area (Å²) in [5.74, 6) is -0.322. The molecule has 0 radical (unpaired) electrons. The van der Waals surface area contributed by atoms with Crippen molar-refractivity contribution < 1.29 is 23.0 Å². The SMILES string of the molecule is OC1(C(CN2CCNCC2)c2ccc(OC(F)(F)F)cc2)CCC1. The maximum Gasteiger partial charge on any atom is 0.573 e. The molecule has 24 heavy (non-hydrogen) atoms. The van der Waals surface area contributed by atoms with Gasteiger partial charge in [-0.15, -0.1) is 13.2 Å². The third-order valence-corrected chi connectivity index (χ3v) is 5.03. The standard InChI is InChI=1S/C17H23F3N2O2/c18-17(19,20)24-14-4-2-13(3-5-14)15(16(23)6-1-7-16)12-22-10-8-21-9-11-22/h2-5,15,21,23H,1,6-12H2. The molecule has 1 aromatic rings. The number of aliphatic hydroxyl groups is 1. The lowest BCUT2D eigenvalue weighted by Crippen LogP contribution is -2.51. The lowest BCUT2D eigenvalue weighted by Gasteiger charge is -2.46. The first kappa shape index (κ1) is 17.5. The van der Waals surface area contributed by atoms with Gasteiger partial charge in [-0.1, -0.05) is 12.1 Å². The summed E-state index contributed by atoms with van der Waals surface area (Å²) < 4.78 is 40.8. The van der Waals surface area contributed by atoms with Crippen LogP contribution >= 0.6 is 0 Å². The Bertz CT molecular complexity index is 538. The van der Waals surface area contributed by atoms with Crippen molar-refractivity contribution in [3.8, 4) is 5.75 Å². The van der Waals surface area contributed by atoms with Crippen LogP contribution in [0.1, 0.15) is 30.7 Å². The molecule has 134 valence electrons. The molecular weight excluding hydrogens is 321 g/mol. The average Bonchev–Trinajstić information content (AvgIpc) is 2.51. The van der Waals surface area contributed by atoms with Gasteiger partial charge < -0.3 is 20.1 Å². The van der Waals surface area contributed by atoms with E-state index in [0.29, 0.717) is 0 Å². The molecule has 0 spiro atoms. The van der Waals surface area contributed by atoms with Crippen LogP contribution < -0.4 is 10.1 Å². The topological polar surface area (TPSA) is 44.7 Å². The van der Waals surface area contributed by atoms with E-state index in [-0.39, 0.29) is 11.7 Å². The van der Waals surface area contributed by atoms with Crippen LogP contribution in [0.5, 0.6) is 5.75 Å². The van der Waals surface area contributed by atoms with Crippen molar-refractivity contribution in [2.45, 2.75) is 37.1 Å². The van der Waals surface area contributed by atoms with Crippen molar-refractivity contribution in [3.05, 3.63) is 29.8 Å². The van der Waals surface area contributed by atoms with Crippen LogP contribution in [-0.4, -0.2) is 54.7 Å². The fourth-order valence-corrected chi connectivity index (χ4v) is 3.53. The monoisotopic (exact) mass is 344 g/mol. The summed E-state index contributed by atoms with van der Waals surface area (Å²) in [7, 11) is 0. The zero-order valence-electron chi connectivity index (χ0n) is 13.5. The molecule has 1 aromatic carbocycles. The average molecular weight is 344 g/mol. The number of rotatable bonds is 5. The van der Waals surface area contributed by atoms with E-state index in [2.05, 4.69) is 15.0 Å². The molecule has 3 rings (SSSR count). The van der Waals surface area contributed by atoms with E-state index < -0.39 is 12.0 Å². The number of hydrogen-bond acceptors (Lipinski definition) is 4. The van der Waals surface area contributed by atoms with Crippen LogP contribution in [0, 0.1) is 0 Å². The molecular formula is C17H23F3N2O2. The lowest BCUT2D eigenvalue weighted by molar-refractivity contribution is -0.274. The highest BCUT2D eigenvalue weighted by Crippen LogP contribution is 2.44. The largest absolute Gasteiger partial charge is 0.573 e. The van der Waals surface area contributed by atoms with Crippen LogP contribution in [0.15, 0.2) is 24.3 Å². The van der Waals surface area contributed by atoms with Gasteiger partial charge in [-0.25, -0.2) is 0 Å². The molecule has 1 unspecified atom stereocenters. The Labute approximate surface area is 139 Å². The van der Waals surface area contributed by atoms with Gasteiger partial charge in [0.1, 0.15) is 5.75 Å². The Morgan fingerprint density at radius 2 is 1.79 bits per heavy atom. The molecule has 1 heterocycles. The van der Waals surface area contributed by atoms with E-state index in [4.69, 9.17) is 0 Å². The molecule has 1 atom stereocenters.